The van der Waals surface area contributed by atoms with E-state index in [4.69, 9.17) is 11.1 Å². The molecule has 1 aromatic rings. The fourth-order valence-electron chi connectivity index (χ4n) is 0.642. The molecule has 1 aromatic carbocycles. The van der Waals surface area contributed by atoms with Gasteiger partial charge in [0.15, 0.2) is 0 Å². The second-order valence-corrected chi connectivity index (χ2v) is 1.77. The third kappa shape index (κ3) is 2.85. The summed E-state index contributed by atoms with van der Waals surface area (Å²) in [4.78, 5) is 0. The minimum atomic E-state index is 0. The van der Waals surface area contributed by atoms with Crippen LogP contribution < -0.4 is 5.73 Å². The van der Waals surface area contributed by atoms with E-state index in [0.29, 0.717) is 5.69 Å². The van der Waals surface area contributed by atoms with Crippen LogP contribution in [0.1, 0.15) is 20.8 Å². The zero-order valence-electron chi connectivity index (χ0n) is 6.96. The van der Waals surface area contributed by atoms with Crippen LogP contribution in [0.25, 0.3) is 0 Å². The average Bonchev–Trinajstić information content (AvgIpc) is 2.09. The summed E-state index contributed by atoms with van der Waals surface area (Å²) >= 11 is 0. The molecule has 0 spiro atoms. The van der Waals surface area contributed by atoms with Crippen molar-refractivity contribution in [2.75, 3.05) is 5.73 Å². The van der Waals surface area contributed by atoms with E-state index < -0.39 is 0 Å². The Labute approximate surface area is 69.0 Å². The van der Waals surface area contributed by atoms with Crippen molar-refractivity contribution < 1.29 is 1.43 Å². The SMILES string of the molecule is CC.N=Cc1ccccc1N.[HH]. The highest BCUT2D eigenvalue weighted by atomic mass is 14.6. The van der Waals surface area contributed by atoms with E-state index in [1.54, 1.807) is 6.07 Å². The third-order valence-corrected chi connectivity index (χ3v) is 1.15. The van der Waals surface area contributed by atoms with Crippen LogP contribution in [-0.4, -0.2) is 6.21 Å². The first-order valence-electron chi connectivity index (χ1n) is 3.69. The quantitative estimate of drug-likeness (QED) is 0.471. The molecule has 0 heterocycles. The molecule has 2 nitrogen and oxygen atoms in total. The van der Waals surface area contributed by atoms with Gasteiger partial charge < -0.3 is 11.1 Å². The van der Waals surface area contributed by atoms with Crippen molar-refractivity contribution in [1.82, 2.24) is 0 Å². The first-order chi connectivity index (χ1) is 5.34. The van der Waals surface area contributed by atoms with Gasteiger partial charge in [0.05, 0.1) is 0 Å². The summed E-state index contributed by atoms with van der Waals surface area (Å²) in [5, 5.41) is 6.88. The minimum Gasteiger partial charge on any atom is -0.398 e. The summed E-state index contributed by atoms with van der Waals surface area (Å²) in [5.74, 6) is 0. The molecule has 0 aliphatic heterocycles. The molecule has 2 heteroatoms. The van der Waals surface area contributed by atoms with Crippen molar-refractivity contribution in [3.63, 3.8) is 0 Å². The Morgan fingerprint density at radius 1 is 1.36 bits per heavy atom. The van der Waals surface area contributed by atoms with E-state index >= 15 is 0 Å². The number of nitrogens with two attached hydrogens (primary N) is 1. The van der Waals surface area contributed by atoms with Gasteiger partial charge in [-0.05, 0) is 6.07 Å². The topological polar surface area (TPSA) is 49.9 Å². The average molecular weight is 152 g/mol. The predicted octanol–water partition coefficient (Wildman–Crippen LogP) is 2.54. The Balaban J connectivity index is 0. The van der Waals surface area contributed by atoms with E-state index in [-0.39, 0.29) is 1.43 Å². The molecule has 0 amide bonds. The molecule has 0 fully saturated rings. The fourth-order valence-corrected chi connectivity index (χ4v) is 0.642. The van der Waals surface area contributed by atoms with Gasteiger partial charge in [0.2, 0.25) is 0 Å². The standard InChI is InChI=1S/C7H8N2.C2H6.H2/c8-5-6-3-1-2-4-7(6)9;1-2;/h1-5,8H,9H2;1-2H3;1H. The molecule has 0 saturated heterocycles. The molecule has 0 aliphatic rings. The van der Waals surface area contributed by atoms with E-state index in [1.165, 1.54) is 6.21 Å². The van der Waals surface area contributed by atoms with E-state index in [0.717, 1.165) is 5.56 Å². The molecule has 0 atom stereocenters. The van der Waals surface area contributed by atoms with E-state index in [1.807, 2.05) is 32.0 Å². The summed E-state index contributed by atoms with van der Waals surface area (Å²) in [7, 11) is 0. The van der Waals surface area contributed by atoms with Gasteiger partial charge in [0, 0.05) is 18.9 Å². The zero-order valence-corrected chi connectivity index (χ0v) is 6.96. The van der Waals surface area contributed by atoms with Gasteiger partial charge >= 0.3 is 0 Å². The smallest absolute Gasteiger partial charge is 0.0402 e. The van der Waals surface area contributed by atoms with Crippen LogP contribution in [0.2, 0.25) is 0 Å². The van der Waals surface area contributed by atoms with Gasteiger partial charge in [0.1, 0.15) is 0 Å². The summed E-state index contributed by atoms with van der Waals surface area (Å²) < 4.78 is 0. The van der Waals surface area contributed by atoms with Crippen LogP contribution in [0.4, 0.5) is 5.69 Å². The molecule has 11 heavy (non-hydrogen) atoms. The molecule has 0 unspecified atom stereocenters. The maximum Gasteiger partial charge on any atom is 0.0402 e. The van der Waals surface area contributed by atoms with Crippen LogP contribution >= 0.6 is 0 Å². The number of nitrogen functional groups attached to an aromatic ring is 1. The van der Waals surface area contributed by atoms with Gasteiger partial charge in [-0.2, -0.15) is 0 Å². The molecule has 0 aromatic heterocycles. The maximum absolute atomic E-state index is 6.88. The highest BCUT2D eigenvalue weighted by Gasteiger charge is 1.88. The summed E-state index contributed by atoms with van der Waals surface area (Å²) in [6.07, 6.45) is 1.25. The molecular formula is C9H16N2. The number of nitrogens with one attached hydrogen (secondary N) is 1. The molecule has 0 aliphatic carbocycles. The van der Waals surface area contributed by atoms with Crippen molar-refractivity contribution in [3.8, 4) is 0 Å². The highest BCUT2D eigenvalue weighted by molar-refractivity contribution is 5.84. The molecule has 0 bridgehead atoms. The van der Waals surface area contributed by atoms with Gasteiger partial charge in [-0.3, -0.25) is 0 Å². The number of hydrogen-bond donors (Lipinski definition) is 2. The van der Waals surface area contributed by atoms with Gasteiger partial charge in [-0.1, -0.05) is 32.0 Å². The van der Waals surface area contributed by atoms with Crippen molar-refractivity contribution in [3.05, 3.63) is 29.8 Å². The van der Waals surface area contributed by atoms with Crippen LogP contribution in [0.5, 0.6) is 0 Å². The lowest BCUT2D eigenvalue weighted by atomic mass is 10.2. The van der Waals surface area contributed by atoms with Crippen molar-refractivity contribution in [1.29, 1.82) is 5.41 Å². The zero-order chi connectivity index (χ0) is 8.69. The number of para-hydroxylation sites is 1. The molecule has 1 rings (SSSR count). The predicted molar refractivity (Wildman–Crippen MR) is 52.2 cm³/mol. The lowest BCUT2D eigenvalue weighted by molar-refractivity contribution is 1.50. The summed E-state index contributed by atoms with van der Waals surface area (Å²) in [6, 6.07) is 7.29. The Hall–Kier alpha value is -1.31. The number of anilines is 1. The van der Waals surface area contributed by atoms with Gasteiger partial charge in [-0.15, -0.1) is 0 Å². The Morgan fingerprint density at radius 3 is 2.27 bits per heavy atom. The minimum absolute atomic E-state index is 0. The number of rotatable bonds is 1. The second-order valence-electron chi connectivity index (χ2n) is 1.77. The van der Waals surface area contributed by atoms with Crippen LogP contribution in [0.3, 0.4) is 0 Å². The highest BCUT2D eigenvalue weighted by Crippen LogP contribution is 2.05. The summed E-state index contributed by atoms with van der Waals surface area (Å²) in [6.45, 7) is 4.00. The van der Waals surface area contributed by atoms with Crippen LogP contribution in [-0.2, 0) is 0 Å². The lowest BCUT2D eigenvalue weighted by Crippen LogP contribution is -1.90. The van der Waals surface area contributed by atoms with Crippen LogP contribution in [0.15, 0.2) is 24.3 Å². The van der Waals surface area contributed by atoms with Gasteiger partial charge in [-0.25, -0.2) is 0 Å². The van der Waals surface area contributed by atoms with E-state index in [9.17, 15) is 0 Å². The first kappa shape index (κ1) is 9.69. The van der Waals surface area contributed by atoms with Crippen LogP contribution in [0, 0.1) is 5.41 Å². The normalized spacial score (nSPS) is 7.82. The fraction of sp³-hybridized carbons (Fsp3) is 0.222. The Morgan fingerprint density at radius 2 is 1.91 bits per heavy atom. The van der Waals surface area contributed by atoms with Gasteiger partial charge in [0.25, 0.3) is 0 Å². The molecule has 0 saturated carbocycles. The molecule has 62 valence electrons. The van der Waals surface area contributed by atoms with E-state index in [2.05, 4.69) is 0 Å². The molecule has 3 N–H and O–H groups in total. The summed E-state index contributed by atoms with van der Waals surface area (Å²) in [5.41, 5.74) is 6.92. The number of benzene rings is 1. The second kappa shape index (κ2) is 5.47. The lowest BCUT2D eigenvalue weighted by Gasteiger charge is -1.94. The monoisotopic (exact) mass is 152 g/mol. The molecule has 0 radical (unpaired) electrons. The number of hydrogen-bond acceptors (Lipinski definition) is 2. The first-order valence-corrected chi connectivity index (χ1v) is 3.69. The Bertz CT molecular complexity index is 224. The molecular weight excluding hydrogens is 136 g/mol. The largest absolute Gasteiger partial charge is 0.398 e. The van der Waals surface area contributed by atoms with Crippen molar-refractivity contribution in [2.45, 2.75) is 13.8 Å². The maximum atomic E-state index is 6.88. The van der Waals surface area contributed by atoms with Crippen molar-refractivity contribution >= 4 is 11.9 Å². The Kier molecular flexibility index (Phi) is 4.82. The van der Waals surface area contributed by atoms with Crippen molar-refractivity contribution in [2.24, 2.45) is 0 Å². The third-order valence-electron chi connectivity index (χ3n) is 1.15.